The van der Waals surface area contributed by atoms with Gasteiger partial charge in [0.25, 0.3) is 0 Å². The number of nitrogens with two attached hydrogens (primary N) is 1. The minimum absolute atomic E-state index is 0.0872. The third-order valence-corrected chi connectivity index (χ3v) is 4.87. The number of carbonyl (C=O) groups is 1. The Bertz CT molecular complexity index is 612. The summed E-state index contributed by atoms with van der Waals surface area (Å²) >= 11 is 5.78. The Kier molecular flexibility index (Phi) is 4.52. The molecule has 1 aromatic carbocycles. The molecule has 0 aliphatic carbocycles. The fourth-order valence-electron chi connectivity index (χ4n) is 1.92. The summed E-state index contributed by atoms with van der Waals surface area (Å²) in [4.78, 5) is 13.4. The highest BCUT2D eigenvalue weighted by Gasteiger charge is 2.26. The number of halogens is 1. The average Bonchev–Trinajstić information content (AvgIpc) is 2.42. The lowest BCUT2D eigenvalue weighted by Crippen LogP contribution is -2.43. The van der Waals surface area contributed by atoms with E-state index in [1.54, 1.807) is 0 Å². The molecule has 8 heteroatoms. The average molecular weight is 319 g/mol. The summed E-state index contributed by atoms with van der Waals surface area (Å²) < 4.78 is 29.6. The van der Waals surface area contributed by atoms with Crippen molar-refractivity contribution in [2.45, 2.75) is 4.90 Å². The maximum absolute atomic E-state index is 12.2. The Morgan fingerprint density at radius 3 is 2.65 bits per heavy atom. The van der Waals surface area contributed by atoms with E-state index < -0.39 is 21.5 Å². The van der Waals surface area contributed by atoms with Gasteiger partial charge in [-0.05, 0) is 18.2 Å². The second kappa shape index (κ2) is 5.99. The zero-order chi connectivity index (χ0) is 14.8. The second-order valence-corrected chi connectivity index (χ2v) is 6.83. The first-order valence-electron chi connectivity index (χ1n) is 6.03. The summed E-state index contributed by atoms with van der Waals surface area (Å²) in [5, 5.41) is 0.261. The zero-order valence-electron chi connectivity index (χ0n) is 10.7. The minimum Gasteiger partial charge on any atom is -0.398 e. The normalized spacial score (nSPS) is 16.1. The van der Waals surface area contributed by atoms with E-state index in [-0.39, 0.29) is 15.6 Å². The monoisotopic (exact) mass is 318 g/mol. The van der Waals surface area contributed by atoms with E-state index in [1.165, 1.54) is 23.1 Å². The van der Waals surface area contributed by atoms with Gasteiger partial charge in [-0.1, -0.05) is 11.6 Å². The van der Waals surface area contributed by atoms with Crippen LogP contribution in [0.5, 0.6) is 0 Å². The zero-order valence-corrected chi connectivity index (χ0v) is 12.3. The molecule has 0 spiro atoms. The lowest BCUT2D eigenvalue weighted by Gasteiger charge is -2.26. The van der Waals surface area contributed by atoms with Crippen LogP contribution in [0.4, 0.5) is 5.69 Å². The van der Waals surface area contributed by atoms with E-state index >= 15 is 0 Å². The number of morpholine rings is 1. The third kappa shape index (κ3) is 3.41. The number of nitrogen functional groups attached to an aromatic ring is 1. The summed E-state index contributed by atoms with van der Waals surface area (Å²) in [5.74, 6) is -1.06. The Hall–Kier alpha value is -1.31. The minimum atomic E-state index is -3.80. The molecule has 1 aliphatic heterocycles. The molecule has 0 unspecified atom stereocenters. The number of amides is 1. The molecule has 110 valence electrons. The number of carbonyl (C=O) groups excluding carboxylic acids is 1. The molecule has 6 nitrogen and oxygen atoms in total. The van der Waals surface area contributed by atoms with Crippen LogP contribution in [-0.4, -0.2) is 51.3 Å². The van der Waals surface area contributed by atoms with Gasteiger partial charge in [0, 0.05) is 18.1 Å². The number of rotatable bonds is 3. The van der Waals surface area contributed by atoms with E-state index in [9.17, 15) is 13.2 Å². The summed E-state index contributed by atoms with van der Waals surface area (Å²) in [6, 6.07) is 4.17. The summed E-state index contributed by atoms with van der Waals surface area (Å²) in [5.41, 5.74) is 5.73. The molecular weight excluding hydrogens is 304 g/mol. The molecule has 2 rings (SSSR count). The van der Waals surface area contributed by atoms with E-state index in [1.807, 2.05) is 0 Å². The number of hydrogen-bond donors (Lipinski definition) is 1. The van der Waals surface area contributed by atoms with Crippen LogP contribution in [0.1, 0.15) is 0 Å². The lowest BCUT2D eigenvalue weighted by atomic mass is 10.3. The van der Waals surface area contributed by atoms with Gasteiger partial charge in [0.15, 0.2) is 9.84 Å². The van der Waals surface area contributed by atoms with Crippen LogP contribution in [-0.2, 0) is 19.4 Å². The molecule has 1 aromatic rings. The van der Waals surface area contributed by atoms with Crippen LogP contribution in [0.3, 0.4) is 0 Å². The maximum atomic E-state index is 12.2. The number of sulfone groups is 1. The fraction of sp³-hybridized carbons (Fsp3) is 0.417. The van der Waals surface area contributed by atoms with Crippen molar-refractivity contribution in [2.24, 2.45) is 0 Å². The molecule has 0 saturated carbocycles. The van der Waals surface area contributed by atoms with E-state index in [4.69, 9.17) is 22.1 Å². The first kappa shape index (κ1) is 15.1. The SMILES string of the molecule is Nc1ccc(Cl)cc1S(=O)(=O)CC(=O)N1CCOCC1. The molecule has 0 radical (unpaired) electrons. The summed E-state index contributed by atoms with van der Waals surface area (Å²) in [6.07, 6.45) is 0. The van der Waals surface area contributed by atoms with E-state index in [0.29, 0.717) is 26.3 Å². The van der Waals surface area contributed by atoms with Gasteiger partial charge < -0.3 is 15.4 Å². The van der Waals surface area contributed by atoms with Gasteiger partial charge in [-0.3, -0.25) is 4.79 Å². The fourth-order valence-corrected chi connectivity index (χ4v) is 3.56. The van der Waals surface area contributed by atoms with Crippen molar-refractivity contribution in [3.8, 4) is 0 Å². The maximum Gasteiger partial charge on any atom is 0.238 e. The molecule has 1 fully saturated rings. The van der Waals surface area contributed by atoms with Gasteiger partial charge in [-0.15, -0.1) is 0 Å². The van der Waals surface area contributed by atoms with Gasteiger partial charge in [-0.2, -0.15) is 0 Å². The molecule has 1 heterocycles. The predicted molar refractivity (Wildman–Crippen MR) is 75.3 cm³/mol. The standard InChI is InChI=1S/C12H15ClN2O4S/c13-9-1-2-10(14)11(7-9)20(17,18)8-12(16)15-3-5-19-6-4-15/h1-2,7H,3-6,8,14H2. The lowest BCUT2D eigenvalue weighted by molar-refractivity contribution is -0.132. The number of anilines is 1. The van der Waals surface area contributed by atoms with Crippen LogP contribution in [0.2, 0.25) is 5.02 Å². The van der Waals surface area contributed by atoms with Gasteiger partial charge in [0.2, 0.25) is 5.91 Å². The van der Waals surface area contributed by atoms with Crippen molar-refractivity contribution >= 4 is 33.0 Å². The summed E-state index contributed by atoms with van der Waals surface area (Å²) in [7, 11) is -3.80. The van der Waals surface area contributed by atoms with Gasteiger partial charge in [0.1, 0.15) is 5.75 Å². The van der Waals surface area contributed by atoms with Crippen molar-refractivity contribution in [1.82, 2.24) is 4.90 Å². The molecular formula is C12H15ClN2O4S. The first-order valence-corrected chi connectivity index (χ1v) is 8.06. The highest BCUT2D eigenvalue weighted by Crippen LogP contribution is 2.24. The molecule has 1 aliphatic rings. The number of benzene rings is 1. The largest absolute Gasteiger partial charge is 0.398 e. The predicted octanol–water partition coefficient (Wildman–Crippen LogP) is 0.555. The van der Waals surface area contributed by atoms with Crippen molar-refractivity contribution in [1.29, 1.82) is 0 Å². The van der Waals surface area contributed by atoms with E-state index in [2.05, 4.69) is 0 Å². The molecule has 1 amide bonds. The molecule has 20 heavy (non-hydrogen) atoms. The Balaban J connectivity index is 2.18. The van der Waals surface area contributed by atoms with Crippen LogP contribution in [0, 0.1) is 0 Å². The van der Waals surface area contributed by atoms with Crippen LogP contribution >= 0.6 is 11.6 Å². The van der Waals surface area contributed by atoms with E-state index in [0.717, 1.165) is 0 Å². The quantitative estimate of drug-likeness (QED) is 0.822. The molecule has 0 bridgehead atoms. The highest BCUT2D eigenvalue weighted by atomic mass is 35.5. The second-order valence-electron chi connectivity index (χ2n) is 4.43. The van der Waals surface area contributed by atoms with Crippen molar-refractivity contribution < 1.29 is 17.9 Å². The first-order chi connectivity index (χ1) is 9.40. The van der Waals surface area contributed by atoms with Gasteiger partial charge in [-0.25, -0.2) is 8.42 Å². The number of nitrogens with zero attached hydrogens (tertiary/aromatic N) is 1. The number of ether oxygens (including phenoxy) is 1. The summed E-state index contributed by atoms with van der Waals surface area (Å²) in [6.45, 7) is 1.65. The topological polar surface area (TPSA) is 89.7 Å². The van der Waals surface area contributed by atoms with Crippen molar-refractivity contribution in [2.75, 3.05) is 37.8 Å². The van der Waals surface area contributed by atoms with Crippen LogP contribution in [0.15, 0.2) is 23.1 Å². The molecule has 0 aromatic heterocycles. The van der Waals surface area contributed by atoms with Gasteiger partial charge in [0.05, 0.1) is 23.8 Å². The van der Waals surface area contributed by atoms with Crippen LogP contribution < -0.4 is 5.73 Å². The smallest absolute Gasteiger partial charge is 0.238 e. The van der Waals surface area contributed by atoms with Crippen LogP contribution in [0.25, 0.3) is 0 Å². The molecule has 1 saturated heterocycles. The highest BCUT2D eigenvalue weighted by molar-refractivity contribution is 7.92. The molecule has 0 atom stereocenters. The third-order valence-electron chi connectivity index (χ3n) is 2.99. The molecule has 2 N–H and O–H groups in total. The Morgan fingerprint density at radius 1 is 1.35 bits per heavy atom. The Labute approximate surface area is 122 Å². The van der Waals surface area contributed by atoms with Gasteiger partial charge >= 0.3 is 0 Å². The number of hydrogen-bond acceptors (Lipinski definition) is 5. The van der Waals surface area contributed by atoms with Crippen molar-refractivity contribution in [3.63, 3.8) is 0 Å². The Morgan fingerprint density at radius 2 is 2.00 bits per heavy atom. The van der Waals surface area contributed by atoms with Crippen molar-refractivity contribution in [3.05, 3.63) is 23.2 Å².